The van der Waals surface area contributed by atoms with Gasteiger partial charge in [-0.1, -0.05) is 54.6 Å². The Kier molecular flexibility index (Phi) is 4.47. The van der Waals surface area contributed by atoms with Crippen molar-refractivity contribution in [3.8, 4) is 11.5 Å². The number of hydrogen-bond donors (Lipinski definition) is 2. The van der Waals surface area contributed by atoms with Gasteiger partial charge in [0.25, 0.3) is 0 Å². The van der Waals surface area contributed by atoms with Gasteiger partial charge in [0.1, 0.15) is 5.60 Å². The maximum atomic E-state index is 13.8. The molecule has 6 nitrogen and oxygen atoms in total. The molecule has 1 aromatic heterocycles. The van der Waals surface area contributed by atoms with Crippen molar-refractivity contribution in [2.24, 2.45) is 0 Å². The lowest BCUT2D eigenvalue weighted by Crippen LogP contribution is -2.75. The number of para-hydroxylation sites is 1. The van der Waals surface area contributed by atoms with E-state index in [1.54, 1.807) is 7.11 Å². The smallest absolute Gasteiger partial charge is 0.223 e. The van der Waals surface area contributed by atoms with E-state index in [-0.39, 0.29) is 18.1 Å². The number of carbonyl (C=O) groups excluding carboxylic acids is 1. The van der Waals surface area contributed by atoms with Crippen molar-refractivity contribution in [2.75, 3.05) is 13.7 Å². The molecule has 2 aliphatic carbocycles. The van der Waals surface area contributed by atoms with Gasteiger partial charge in [-0.15, -0.1) is 0 Å². The number of aryl methyl sites for hydroxylation is 1. The van der Waals surface area contributed by atoms with E-state index in [1.807, 2.05) is 41.3 Å². The van der Waals surface area contributed by atoms with Crippen LogP contribution in [0.25, 0.3) is 10.9 Å². The minimum atomic E-state index is -1.15. The predicted molar refractivity (Wildman–Crippen MR) is 144 cm³/mol. The number of likely N-dealkylation sites (tertiary alicyclic amines) is 1. The lowest BCUT2D eigenvalue weighted by Gasteiger charge is -2.62. The lowest BCUT2D eigenvalue weighted by atomic mass is 9.49. The number of rotatable bonds is 4. The largest absolute Gasteiger partial charge is 0.493 e. The number of hydrogen-bond acceptors (Lipinski definition) is 4. The van der Waals surface area contributed by atoms with Gasteiger partial charge in [-0.3, -0.25) is 4.79 Å². The highest BCUT2D eigenvalue weighted by Gasteiger charge is 2.73. The van der Waals surface area contributed by atoms with Gasteiger partial charge < -0.3 is 24.5 Å². The number of fused-ring (bicyclic) bond motifs is 4. The predicted octanol–water partition coefficient (Wildman–Crippen LogP) is 4.63. The van der Waals surface area contributed by atoms with Crippen LogP contribution in [0.2, 0.25) is 0 Å². The Morgan fingerprint density at radius 1 is 1.13 bits per heavy atom. The van der Waals surface area contributed by atoms with Crippen molar-refractivity contribution in [1.82, 2.24) is 9.88 Å². The Bertz CT molecular complexity index is 1610. The number of carbonyl (C=O) groups is 1. The number of piperidine rings is 1. The molecule has 2 N–H and O–H groups in total. The minimum Gasteiger partial charge on any atom is -0.493 e. The van der Waals surface area contributed by atoms with Crippen LogP contribution in [0.3, 0.4) is 0 Å². The molecular formula is C32H30N2O4. The Labute approximate surface area is 221 Å². The highest BCUT2D eigenvalue weighted by atomic mass is 16.5. The molecule has 4 aliphatic rings. The van der Waals surface area contributed by atoms with Gasteiger partial charge in [0.05, 0.1) is 24.3 Å². The first-order chi connectivity index (χ1) is 18.5. The Morgan fingerprint density at radius 2 is 1.95 bits per heavy atom. The molecule has 1 amide bonds. The number of nitrogens with one attached hydrogen (secondary N) is 1. The van der Waals surface area contributed by atoms with Crippen LogP contribution in [0.4, 0.5) is 0 Å². The number of benzene rings is 3. The molecule has 0 saturated carbocycles. The fourth-order valence-corrected chi connectivity index (χ4v) is 8.13. The lowest BCUT2D eigenvalue weighted by molar-refractivity contribution is -0.182. The molecule has 0 unspecified atom stereocenters. The fraction of sp³-hybridized carbons (Fsp3) is 0.344. The average Bonchev–Trinajstić information content (AvgIpc) is 3.47. The summed E-state index contributed by atoms with van der Waals surface area (Å²) in [6.07, 6.45) is 2.50. The first-order valence-corrected chi connectivity index (χ1v) is 13.6. The highest BCUT2D eigenvalue weighted by Crippen LogP contribution is 2.69. The summed E-state index contributed by atoms with van der Waals surface area (Å²) in [7, 11) is 1.67. The van der Waals surface area contributed by atoms with E-state index < -0.39 is 11.0 Å². The van der Waals surface area contributed by atoms with Crippen molar-refractivity contribution in [2.45, 2.75) is 55.3 Å². The molecule has 6 heteroatoms. The Hall–Kier alpha value is -3.77. The second-order valence-corrected chi connectivity index (χ2v) is 11.3. The van der Waals surface area contributed by atoms with Crippen LogP contribution in [0.1, 0.15) is 46.9 Å². The molecule has 4 aromatic rings. The highest BCUT2D eigenvalue weighted by molar-refractivity contribution is 5.86. The van der Waals surface area contributed by atoms with Gasteiger partial charge in [0.15, 0.2) is 17.6 Å². The average molecular weight is 507 g/mol. The van der Waals surface area contributed by atoms with Crippen molar-refractivity contribution in [3.05, 3.63) is 94.7 Å². The number of ether oxygens (including phenoxy) is 2. The summed E-state index contributed by atoms with van der Waals surface area (Å²) >= 11 is 0. The zero-order valence-corrected chi connectivity index (χ0v) is 21.4. The van der Waals surface area contributed by atoms with Crippen molar-refractivity contribution >= 4 is 16.8 Å². The molecule has 2 aliphatic heterocycles. The molecule has 0 radical (unpaired) electrons. The first kappa shape index (κ1) is 22.2. The zero-order valence-electron chi connectivity index (χ0n) is 21.4. The molecule has 3 aromatic carbocycles. The summed E-state index contributed by atoms with van der Waals surface area (Å²) in [5.74, 6) is 1.56. The molecule has 1 spiro atoms. The third kappa shape index (κ3) is 2.63. The molecule has 4 atom stereocenters. The summed E-state index contributed by atoms with van der Waals surface area (Å²) in [5.41, 5.74) is 4.80. The molecular weight excluding hydrogens is 476 g/mol. The molecule has 38 heavy (non-hydrogen) atoms. The van der Waals surface area contributed by atoms with Gasteiger partial charge in [-0.25, -0.2) is 0 Å². The maximum absolute atomic E-state index is 13.8. The summed E-state index contributed by atoms with van der Waals surface area (Å²) in [6, 6.07) is 22.2. The first-order valence-electron chi connectivity index (χ1n) is 13.6. The van der Waals surface area contributed by atoms with E-state index in [0.717, 1.165) is 44.6 Å². The third-order valence-corrected chi connectivity index (χ3v) is 9.76. The second kappa shape index (κ2) is 7.64. The number of aliphatic hydroxyl groups is 1. The van der Waals surface area contributed by atoms with Crippen molar-refractivity contribution in [3.63, 3.8) is 0 Å². The summed E-state index contributed by atoms with van der Waals surface area (Å²) in [5, 5.41) is 14.1. The SMILES string of the molecule is COc1ccc2c3c1O[C@H]1c4[nH]c5ccccc5c4C[C@@]4(O)[C@@H](C2)N(C(=O)CCc2ccccc2)CC[C@]314. The second-order valence-electron chi connectivity index (χ2n) is 11.3. The van der Waals surface area contributed by atoms with E-state index in [4.69, 9.17) is 9.47 Å². The van der Waals surface area contributed by atoms with Crippen LogP contribution in [0.15, 0.2) is 66.7 Å². The summed E-state index contributed by atoms with van der Waals surface area (Å²) in [6.45, 7) is 0.603. The fourth-order valence-electron chi connectivity index (χ4n) is 8.13. The van der Waals surface area contributed by atoms with Gasteiger partial charge in [-0.05, 0) is 48.1 Å². The summed E-state index contributed by atoms with van der Waals surface area (Å²) < 4.78 is 12.5. The van der Waals surface area contributed by atoms with Crippen LogP contribution in [0, 0.1) is 0 Å². The van der Waals surface area contributed by atoms with E-state index in [9.17, 15) is 9.90 Å². The van der Waals surface area contributed by atoms with Crippen LogP contribution >= 0.6 is 0 Å². The Morgan fingerprint density at radius 3 is 2.79 bits per heavy atom. The Balaban J connectivity index is 1.28. The zero-order chi connectivity index (χ0) is 25.6. The van der Waals surface area contributed by atoms with Crippen molar-refractivity contribution in [1.29, 1.82) is 0 Å². The normalized spacial score (nSPS) is 28.0. The summed E-state index contributed by atoms with van der Waals surface area (Å²) in [4.78, 5) is 19.4. The number of methoxy groups -OCH3 is 1. The van der Waals surface area contributed by atoms with Crippen LogP contribution in [0.5, 0.6) is 11.5 Å². The third-order valence-electron chi connectivity index (χ3n) is 9.76. The van der Waals surface area contributed by atoms with E-state index >= 15 is 0 Å². The molecule has 1 saturated heterocycles. The molecule has 1 fully saturated rings. The molecule has 3 heterocycles. The van der Waals surface area contributed by atoms with Gasteiger partial charge >= 0.3 is 0 Å². The van der Waals surface area contributed by atoms with Crippen LogP contribution < -0.4 is 9.47 Å². The van der Waals surface area contributed by atoms with E-state index in [0.29, 0.717) is 44.4 Å². The number of aromatic nitrogens is 1. The number of amides is 1. The minimum absolute atomic E-state index is 0.111. The van der Waals surface area contributed by atoms with Crippen LogP contribution in [-0.4, -0.2) is 46.2 Å². The molecule has 192 valence electrons. The standard InChI is InChI=1S/C32H30N2O4/c1-37-24-13-12-20-17-25-32(36)18-22-21-9-5-6-10-23(21)33-28(22)30-31(32,27(20)29(24)38-30)15-16-34(25)26(35)14-11-19-7-3-2-4-8-19/h2-10,12-13,25,30,33,36H,11,14-18H2,1H3/t25-,30+,31+,32-/m1/s1. The van der Waals surface area contributed by atoms with E-state index in [2.05, 4.69) is 35.3 Å². The number of nitrogens with zero attached hydrogens (tertiary/aromatic N) is 1. The van der Waals surface area contributed by atoms with Crippen LogP contribution in [-0.2, 0) is 29.5 Å². The topological polar surface area (TPSA) is 74.8 Å². The molecule has 8 rings (SSSR count). The van der Waals surface area contributed by atoms with Gasteiger partial charge in [0.2, 0.25) is 5.91 Å². The van der Waals surface area contributed by atoms with Gasteiger partial charge in [0, 0.05) is 35.9 Å². The van der Waals surface area contributed by atoms with Crippen molar-refractivity contribution < 1.29 is 19.4 Å². The van der Waals surface area contributed by atoms with E-state index in [1.165, 1.54) is 0 Å². The van der Waals surface area contributed by atoms with Gasteiger partial charge in [-0.2, -0.15) is 0 Å². The maximum Gasteiger partial charge on any atom is 0.223 e. The quantitative estimate of drug-likeness (QED) is 0.424. The molecule has 2 bridgehead atoms. The number of aromatic amines is 1. The monoisotopic (exact) mass is 506 g/mol. The number of H-pyrrole nitrogens is 1.